The van der Waals surface area contributed by atoms with Gasteiger partial charge in [0.2, 0.25) is 0 Å². The minimum absolute atomic E-state index is 0.239. The molecule has 0 saturated carbocycles. The molecule has 2 nitrogen and oxygen atoms in total. The van der Waals surface area contributed by atoms with E-state index in [0.29, 0.717) is 11.6 Å². The third-order valence-corrected chi connectivity index (χ3v) is 3.18. The minimum Gasteiger partial charge on any atom is -0.490 e. The van der Waals surface area contributed by atoms with Crippen LogP contribution in [0.3, 0.4) is 0 Å². The van der Waals surface area contributed by atoms with Crippen molar-refractivity contribution in [1.82, 2.24) is 5.32 Å². The highest BCUT2D eigenvalue weighted by Crippen LogP contribution is 2.42. The van der Waals surface area contributed by atoms with E-state index in [4.69, 9.17) is 16.3 Å². The van der Waals surface area contributed by atoms with Gasteiger partial charge in [-0.2, -0.15) is 0 Å². The third kappa shape index (κ3) is 1.45. The molecular formula is C9H9BrClNO. The fourth-order valence-corrected chi connectivity index (χ4v) is 2.31. The molecule has 2 rings (SSSR count). The van der Waals surface area contributed by atoms with Crippen LogP contribution in [0.1, 0.15) is 11.6 Å². The van der Waals surface area contributed by atoms with Crippen LogP contribution < -0.4 is 10.1 Å². The zero-order chi connectivity index (χ0) is 9.42. The molecule has 0 aliphatic carbocycles. The van der Waals surface area contributed by atoms with Crippen molar-refractivity contribution in [3.8, 4) is 5.75 Å². The molecule has 1 unspecified atom stereocenters. The highest BCUT2D eigenvalue weighted by molar-refractivity contribution is 9.10. The lowest BCUT2D eigenvalue weighted by Gasteiger charge is -2.08. The Labute approximate surface area is 90.4 Å². The van der Waals surface area contributed by atoms with E-state index in [1.165, 1.54) is 0 Å². The van der Waals surface area contributed by atoms with Gasteiger partial charge < -0.3 is 10.1 Å². The molecule has 0 bridgehead atoms. The average Bonchev–Trinajstić information content (AvgIpc) is 2.56. The van der Waals surface area contributed by atoms with E-state index in [2.05, 4.69) is 21.2 Å². The van der Waals surface area contributed by atoms with Crippen molar-refractivity contribution < 1.29 is 4.74 Å². The maximum absolute atomic E-state index is 5.99. The quantitative estimate of drug-likeness (QED) is 0.840. The van der Waals surface area contributed by atoms with Gasteiger partial charge in [-0.05, 0) is 19.2 Å². The van der Waals surface area contributed by atoms with E-state index in [9.17, 15) is 0 Å². The van der Waals surface area contributed by atoms with E-state index in [0.717, 1.165) is 15.8 Å². The van der Waals surface area contributed by atoms with Gasteiger partial charge in [0.25, 0.3) is 0 Å². The second-order valence-electron chi connectivity index (χ2n) is 2.92. The Balaban J connectivity index is 2.55. The summed E-state index contributed by atoms with van der Waals surface area (Å²) in [5.74, 6) is 0.801. The highest BCUT2D eigenvalue weighted by Gasteiger charge is 2.27. The fourth-order valence-electron chi connectivity index (χ4n) is 1.50. The van der Waals surface area contributed by atoms with Gasteiger partial charge >= 0.3 is 0 Å². The first-order chi connectivity index (χ1) is 6.24. The normalized spacial score (nSPS) is 19.8. The Morgan fingerprint density at radius 3 is 3.08 bits per heavy atom. The summed E-state index contributed by atoms with van der Waals surface area (Å²) in [6.07, 6.45) is 0. The first-order valence-corrected chi connectivity index (χ1v) is 5.19. The molecule has 4 heteroatoms. The summed E-state index contributed by atoms with van der Waals surface area (Å²) in [5.41, 5.74) is 1.12. The molecule has 1 aliphatic heterocycles. The second kappa shape index (κ2) is 3.48. The van der Waals surface area contributed by atoms with Crippen LogP contribution in [-0.4, -0.2) is 13.7 Å². The number of likely N-dealkylation sites (N-methyl/N-ethyl adjacent to an activating group) is 1. The van der Waals surface area contributed by atoms with E-state index in [1.807, 2.05) is 19.2 Å². The summed E-state index contributed by atoms with van der Waals surface area (Å²) in [7, 11) is 1.91. The Hall–Kier alpha value is -0.250. The predicted molar refractivity (Wildman–Crippen MR) is 56.4 cm³/mol. The SMILES string of the molecule is CNC1COc2c(Cl)ccc(Br)c21. The number of hydrogen-bond acceptors (Lipinski definition) is 2. The Bertz CT molecular complexity index is 343. The zero-order valence-corrected chi connectivity index (χ0v) is 9.45. The molecule has 1 heterocycles. The molecule has 0 spiro atoms. The molecule has 1 aromatic carbocycles. The second-order valence-corrected chi connectivity index (χ2v) is 4.19. The van der Waals surface area contributed by atoms with Crippen LogP contribution in [0.5, 0.6) is 5.75 Å². The Morgan fingerprint density at radius 2 is 2.38 bits per heavy atom. The van der Waals surface area contributed by atoms with Gasteiger partial charge in [0.05, 0.1) is 11.1 Å². The lowest BCUT2D eigenvalue weighted by atomic mass is 10.1. The predicted octanol–water partition coefficient (Wildman–Crippen LogP) is 2.76. The maximum atomic E-state index is 5.99. The number of fused-ring (bicyclic) bond motifs is 1. The first kappa shape index (κ1) is 9.31. The number of rotatable bonds is 1. The Morgan fingerprint density at radius 1 is 1.62 bits per heavy atom. The molecule has 1 atom stereocenters. The zero-order valence-electron chi connectivity index (χ0n) is 7.10. The van der Waals surface area contributed by atoms with E-state index < -0.39 is 0 Å². The Kier molecular flexibility index (Phi) is 2.49. The third-order valence-electron chi connectivity index (χ3n) is 2.19. The van der Waals surface area contributed by atoms with Gasteiger partial charge in [-0.25, -0.2) is 0 Å². The molecule has 1 N–H and O–H groups in total. The van der Waals surface area contributed by atoms with Gasteiger partial charge in [0.15, 0.2) is 0 Å². The molecule has 0 radical (unpaired) electrons. The molecule has 70 valence electrons. The van der Waals surface area contributed by atoms with Crippen molar-refractivity contribution in [1.29, 1.82) is 0 Å². The van der Waals surface area contributed by atoms with Crippen molar-refractivity contribution in [3.63, 3.8) is 0 Å². The van der Waals surface area contributed by atoms with Crippen molar-refractivity contribution in [2.75, 3.05) is 13.7 Å². The van der Waals surface area contributed by atoms with Crippen molar-refractivity contribution in [2.45, 2.75) is 6.04 Å². The van der Waals surface area contributed by atoms with Crippen molar-refractivity contribution >= 4 is 27.5 Å². The van der Waals surface area contributed by atoms with Gasteiger partial charge in [-0.15, -0.1) is 0 Å². The molecule has 0 fully saturated rings. The number of hydrogen-bond donors (Lipinski definition) is 1. The molecular weight excluding hydrogens is 253 g/mol. The van der Waals surface area contributed by atoms with E-state index >= 15 is 0 Å². The molecule has 1 aliphatic rings. The summed E-state index contributed by atoms with van der Waals surface area (Å²) < 4.78 is 6.53. The highest BCUT2D eigenvalue weighted by atomic mass is 79.9. The van der Waals surface area contributed by atoms with Gasteiger partial charge in [0.1, 0.15) is 12.4 Å². The van der Waals surface area contributed by atoms with Gasteiger partial charge in [0, 0.05) is 10.0 Å². The molecule has 0 aromatic heterocycles. The summed E-state index contributed by atoms with van der Waals surface area (Å²) >= 11 is 9.47. The van der Waals surface area contributed by atoms with Crippen molar-refractivity contribution in [2.24, 2.45) is 0 Å². The van der Waals surface area contributed by atoms with Crippen LogP contribution in [0.25, 0.3) is 0 Å². The number of benzene rings is 1. The number of halogens is 2. The first-order valence-electron chi connectivity index (χ1n) is 4.02. The van der Waals surface area contributed by atoms with E-state index in [1.54, 1.807) is 0 Å². The summed E-state index contributed by atoms with van der Waals surface area (Å²) in [5, 5.41) is 3.85. The fraction of sp³-hybridized carbons (Fsp3) is 0.333. The standard InChI is InChI=1S/C9H9BrClNO/c1-12-7-4-13-9-6(11)3-2-5(10)8(7)9/h2-3,7,12H,4H2,1H3. The smallest absolute Gasteiger partial charge is 0.144 e. The topological polar surface area (TPSA) is 21.3 Å². The lowest BCUT2D eigenvalue weighted by Crippen LogP contribution is -2.17. The van der Waals surface area contributed by atoms with Gasteiger partial charge in [-0.1, -0.05) is 27.5 Å². The molecule has 13 heavy (non-hydrogen) atoms. The monoisotopic (exact) mass is 261 g/mol. The summed E-state index contributed by atoms with van der Waals surface area (Å²) in [6, 6.07) is 4.02. The summed E-state index contributed by atoms with van der Waals surface area (Å²) in [6.45, 7) is 0.647. The number of nitrogens with one attached hydrogen (secondary N) is 1. The molecule has 1 aromatic rings. The van der Waals surface area contributed by atoms with E-state index in [-0.39, 0.29) is 6.04 Å². The average molecular weight is 263 g/mol. The molecule has 0 amide bonds. The van der Waals surface area contributed by atoms with Crippen LogP contribution in [0.2, 0.25) is 5.02 Å². The lowest BCUT2D eigenvalue weighted by molar-refractivity contribution is 0.318. The van der Waals surface area contributed by atoms with Crippen molar-refractivity contribution in [3.05, 3.63) is 27.2 Å². The van der Waals surface area contributed by atoms with Crippen LogP contribution in [0.15, 0.2) is 16.6 Å². The van der Waals surface area contributed by atoms with Crippen LogP contribution in [0, 0.1) is 0 Å². The minimum atomic E-state index is 0.239. The largest absolute Gasteiger partial charge is 0.490 e. The maximum Gasteiger partial charge on any atom is 0.144 e. The number of ether oxygens (including phenoxy) is 1. The summed E-state index contributed by atoms with van der Waals surface area (Å²) in [4.78, 5) is 0. The molecule has 0 saturated heterocycles. The van der Waals surface area contributed by atoms with Gasteiger partial charge in [-0.3, -0.25) is 0 Å². The van der Waals surface area contributed by atoms with Crippen LogP contribution in [-0.2, 0) is 0 Å². The van der Waals surface area contributed by atoms with Crippen LogP contribution >= 0.6 is 27.5 Å². The van der Waals surface area contributed by atoms with Crippen LogP contribution in [0.4, 0.5) is 0 Å².